The van der Waals surface area contributed by atoms with Gasteiger partial charge in [-0.05, 0) is 32.3 Å². The van der Waals surface area contributed by atoms with Gasteiger partial charge in [0, 0.05) is 12.0 Å². The summed E-state index contributed by atoms with van der Waals surface area (Å²) < 4.78 is 5.90. The predicted octanol–water partition coefficient (Wildman–Crippen LogP) is 6.46. The summed E-state index contributed by atoms with van der Waals surface area (Å²) in [6, 6.07) is 0. The van der Waals surface area contributed by atoms with Crippen LogP contribution in [0.3, 0.4) is 0 Å². The molecule has 0 saturated heterocycles. The molecule has 0 aromatic heterocycles. The van der Waals surface area contributed by atoms with Gasteiger partial charge in [-0.15, -0.1) is 12.3 Å². The van der Waals surface area contributed by atoms with Gasteiger partial charge in [-0.2, -0.15) is 0 Å². The Morgan fingerprint density at radius 3 is 2.33 bits per heavy atom. The van der Waals surface area contributed by atoms with Gasteiger partial charge < -0.3 is 4.74 Å². The minimum absolute atomic E-state index is 0.00134. The van der Waals surface area contributed by atoms with Crippen LogP contribution in [0.2, 0.25) is 0 Å². The molecule has 0 heterocycles. The summed E-state index contributed by atoms with van der Waals surface area (Å²) in [5.41, 5.74) is 2.88. The van der Waals surface area contributed by atoms with Crippen LogP contribution in [-0.4, -0.2) is 12.7 Å². The fourth-order valence-electron chi connectivity index (χ4n) is 2.41. The first-order valence-electron chi connectivity index (χ1n) is 8.70. The second-order valence-electron chi connectivity index (χ2n) is 6.40. The SMILES string of the molecule is C=C=CC(C)(C=C)CCC(C)OCCCCCCCCC. The van der Waals surface area contributed by atoms with Crippen molar-refractivity contribution in [1.82, 2.24) is 0 Å². The average Bonchev–Trinajstić information content (AvgIpc) is 2.48. The van der Waals surface area contributed by atoms with Gasteiger partial charge in [0.05, 0.1) is 6.10 Å². The van der Waals surface area contributed by atoms with E-state index in [-0.39, 0.29) is 5.41 Å². The van der Waals surface area contributed by atoms with Gasteiger partial charge in [0.15, 0.2) is 0 Å². The van der Waals surface area contributed by atoms with Crippen LogP contribution >= 0.6 is 0 Å². The lowest BCUT2D eigenvalue weighted by Crippen LogP contribution is -2.15. The summed E-state index contributed by atoms with van der Waals surface area (Å²) in [4.78, 5) is 0. The fourth-order valence-corrected chi connectivity index (χ4v) is 2.41. The van der Waals surface area contributed by atoms with Crippen LogP contribution in [0.25, 0.3) is 0 Å². The molecule has 122 valence electrons. The zero-order valence-corrected chi connectivity index (χ0v) is 14.6. The molecule has 0 aliphatic carbocycles. The van der Waals surface area contributed by atoms with Gasteiger partial charge in [0.25, 0.3) is 0 Å². The van der Waals surface area contributed by atoms with Crippen LogP contribution in [0.5, 0.6) is 0 Å². The zero-order chi connectivity index (χ0) is 16.0. The molecule has 0 aromatic rings. The first-order valence-corrected chi connectivity index (χ1v) is 8.70. The van der Waals surface area contributed by atoms with E-state index in [0.29, 0.717) is 6.10 Å². The molecule has 0 bridgehead atoms. The molecule has 0 aliphatic rings. The van der Waals surface area contributed by atoms with Gasteiger partial charge >= 0.3 is 0 Å². The molecule has 0 amide bonds. The van der Waals surface area contributed by atoms with Crippen molar-refractivity contribution in [3.63, 3.8) is 0 Å². The van der Waals surface area contributed by atoms with Crippen molar-refractivity contribution in [2.75, 3.05) is 6.61 Å². The Hall–Kier alpha value is -0.780. The summed E-state index contributed by atoms with van der Waals surface area (Å²) in [5.74, 6) is 0. The van der Waals surface area contributed by atoms with Crippen molar-refractivity contribution < 1.29 is 4.74 Å². The molecule has 21 heavy (non-hydrogen) atoms. The maximum Gasteiger partial charge on any atom is 0.0547 e. The topological polar surface area (TPSA) is 9.23 Å². The second kappa shape index (κ2) is 12.9. The van der Waals surface area contributed by atoms with Crippen LogP contribution in [0.4, 0.5) is 0 Å². The summed E-state index contributed by atoms with van der Waals surface area (Å²) in [5, 5.41) is 0. The first-order chi connectivity index (χ1) is 10.1. The van der Waals surface area contributed by atoms with E-state index >= 15 is 0 Å². The van der Waals surface area contributed by atoms with Gasteiger partial charge in [0.1, 0.15) is 0 Å². The Kier molecular flexibility index (Phi) is 12.4. The Bertz CT molecular complexity index is 301. The third-order valence-electron chi connectivity index (χ3n) is 4.14. The number of allylic oxidation sites excluding steroid dienone is 2. The van der Waals surface area contributed by atoms with Crippen molar-refractivity contribution in [3.8, 4) is 0 Å². The van der Waals surface area contributed by atoms with Crippen molar-refractivity contribution in [2.24, 2.45) is 5.41 Å². The quantitative estimate of drug-likeness (QED) is 0.203. The Labute approximate surface area is 133 Å². The number of unbranched alkanes of at least 4 members (excludes halogenated alkanes) is 6. The van der Waals surface area contributed by atoms with Crippen molar-refractivity contribution >= 4 is 0 Å². The fraction of sp³-hybridized carbons (Fsp3) is 0.750. The van der Waals surface area contributed by atoms with E-state index < -0.39 is 0 Å². The molecule has 2 atom stereocenters. The van der Waals surface area contributed by atoms with E-state index in [0.717, 1.165) is 19.4 Å². The summed E-state index contributed by atoms with van der Waals surface area (Å²) in [6.07, 6.45) is 15.7. The molecule has 0 fully saturated rings. The van der Waals surface area contributed by atoms with E-state index in [2.05, 4.69) is 39.7 Å². The molecule has 0 spiro atoms. The molecule has 0 aromatic carbocycles. The van der Waals surface area contributed by atoms with Gasteiger partial charge in [-0.1, -0.05) is 65.0 Å². The smallest absolute Gasteiger partial charge is 0.0547 e. The summed E-state index contributed by atoms with van der Waals surface area (Å²) >= 11 is 0. The maximum absolute atomic E-state index is 5.90. The van der Waals surface area contributed by atoms with Crippen LogP contribution in [0, 0.1) is 5.41 Å². The van der Waals surface area contributed by atoms with Gasteiger partial charge in [0.2, 0.25) is 0 Å². The lowest BCUT2D eigenvalue weighted by Gasteiger charge is -2.22. The molecule has 2 unspecified atom stereocenters. The normalized spacial score (nSPS) is 15.0. The second-order valence-corrected chi connectivity index (χ2v) is 6.40. The van der Waals surface area contributed by atoms with Crippen molar-refractivity contribution in [3.05, 3.63) is 31.0 Å². The van der Waals surface area contributed by atoms with E-state index in [1.807, 2.05) is 12.2 Å². The number of hydrogen-bond donors (Lipinski definition) is 0. The van der Waals surface area contributed by atoms with Gasteiger partial charge in [-0.25, -0.2) is 0 Å². The van der Waals surface area contributed by atoms with Crippen molar-refractivity contribution in [1.29, 1.82) is 0 Å². The molecule has 0 aliphatic heterocycles. The first kappa shape index (κ1) is 20.2. The van der Waals surface area contributed by atoms with Crippen LogP contribution in [0.15, 0.2) is 31.0 Å². The standard InChI is InChI=1S/C20H36O/c1-6-9-10-11-12-13-14-18-21-19(4)15-17-20(5,8-3)16-7-2/h8,16,19H,2-3,6,9-15,17-18H2,1,4-5H3. The minimum atomic E-state index is -0.00134. The highest BCUT2D eigenvalue weighted by molar-refractivity contribution is 5.05. The lowest BCUT2D eigenvalue weighted by molar-refractivity contribution is 0.0524. The molecule has 0 rings (SSSR count). The lowest BCUT2D eigenvalue weighted by atomic mass is 9.85. The highest BCUT2D eigenvalue weighted by Crippen LogP contribution is 2.27. The van der Waals surface area contributed by atoms with E-state index in [1.165, 1.54) is 44.9 Å². The largest absolute Gasteiger partial charge is 0.379 e. The number of hydrogen-bond acceptors (Lipinski definition) is 1. The monoisotopic (exact) mass is 292 g/mol. The number of ether oxygens (including phenoxy) is 1. The van der Waals surface area contributed by atoms with E-state index in [9.17, 15) is 0 Å². The molecule has 1 heteroatoms. The van der Waals surface area contributed by atoms with Crippen molar-refractivity contribution in [2.45, 2.75) is 84.7 Å². The highest BCUT2D eigenvalue weighted by atomic mass is 16.5. The number of rotatable bonds is 14. The van der Waals surface area contributed by atoms with Crippen LogP contribution < -0.4 is 0 Å². The van der Waals surface area contributed by atoms with E-state index in [4.69, 9.17) is 4.74 Å². The third kappa shape index (κ3) is 11.5. The molecule has 0 radical (unpaired) electrons. The van der Waals surface area contributed by atoms with Crippen LogP contribution in [-0.2, 0) is 4.74 Å². The summed E-state index contributed by atoms with van der Waals surface area (Å²) in [6.45, 7) is 15.1. The average molecular weight is 293 g/mol. The molecule has 1 nitrogen and oxygen atoms in total. The Morgan fingerprint density at radius 2 is 1.76 bits per heavy atom. The molecular formula is C20H36O. The molecule has 0 saturated carbocycles. The van der Waals surface area contributed by atoms with Gasteiger partial charge in [-0.3, -0.25) is 0 Å². The van der Waals surface area contributed by atoms with Crippen LogP contribution in [0.1, 0.15) is 78.6 Å². The minimum Gasteiger partial charge on any atom is -0.379 e. The zero-order valence-electron chi connectivity index (χ0n) is 14.6. The molecule has 0 N–H and O–H groups in total. The predicted molar refractivity (Wildman–Crippen MR) is 94.7 cm³/mol. The highest BCUT2D eigenvalue weighted by Gasteiger charge is 2.17. The maximum atomic E-state index is 5.90. The molecular weight excluding hydrogens is 256 g/mol. The Morgan fingerprint density at radius 1 is 1.14 bits per heavy atom. The third-order valence-corrected chi connectivity index (χ3v) is 4.14. The van der Waals surface area contributed by atoms with E-state index in [1.54, 1.807) is 0 Å². The summed E-state index contributed by atoms with van der Waals surface area (Å²) in [7, 11) is 0. The Balaban J connectivity index is 3.60.